The molecule has 3 aromatic rings. The molecule has 0 saturated heterocycles. The summed E-state index contributed by atoms with van der Waals surface area (Å²) in [6, 6.07) is 7.66. The average Bonchev–Trinajstić information content (AvgIpc) is 3.18. The van der Waals surface area contributed by atoms with E-state index in [0.29, 0.717) is 17.9 Å². The van der Waals surface area contributed by atoms with Gasteiger partial charge in [0.25, 0.3) is 5.56 Å². The van der Waals surface area contributed by atoms with E-state index in [1.165, 1.54) is 6.92 Å². The van der Waals surface area contributed by atoms with Gasteiger partial charge in [-0.05, 0) is 61.3 Å². The molecule has 2 aliphatic rings. The first-order valence-electron chi connectivity index (χ1n) is 12.7. The number of carbonyl (C=O) groups is 2. The van der Waals surface area contributed by atoms with Gasteiger partial charge in [0.1, 0.15) is 12.4 Å². The summed E-state index contributed by atoms with van der Waals surface area (Å²) in [6.07, 6.45) is 0.733. The number of carbonyl (C=O) groups excluding carboxylic acids is 2. The first-order valence-corrected chi connectivity index (χ1v) is 15.9. The van der Waals surface area contributed by atoms with Crippen LogP contribution < -0.4 is 9.99 Å². The maximum Gasteiger partial charge on any atom is 0.405 e. The number of hydrogen-bond donors (Lipinski definition) is 0. The smallest absolute Gasteiger partial charge is 0.405 e. The van der Waals surface area contributed by atoms with Crippen LogP contribution in [0, 0.1) is 0 Å². The maximum atomic E-state index is 13.6. The molecule has 8 nitrogen and oxygen atoms in total. The van der Waals surface area contributed by atoms with Gasteiger partial charge >= 0.3 is 11.4 Å². The van der Waals surface area contributed by atoms with Crippen molar-refractivity contribution in [3.63, 3.8) is 0 Å². The lowest BCUT2D eigenvalue weighted by atomic mass is 9.89. The molecular weight excluding hydrogens is 524 g/mol. The summed E-state index contributed by atoms with van der Waals surface area (Å²) in [6.45, 7) is 14.7. The van der Waals surface area contributed by atoms with Crippen molar-refractivity contribution in [2.24, 2.45) is 0 Å². The van der Waals surface area contributed by atoms with Crippen LogP contribution in [0.1, 0.15) is 56.9 Å². The van der Waals surface area contributed by atoms with Crippen molar-refractivity contribution >= 4 is 42.2 Å². The lowest BCUT2D eigenvalue weighted by Crippen LogP contribution is -2.45. The summed E-state index contributed by atoms with van der Waals surface area (Å²) >= 11 is 5.48. The second-order valence-electron chi connectivity index (χ2n) is 11.6. The topological polar surface area (TPSA) is 96.7 Å². The predicted octanol–water partition coefficient (Wildman–Crippen LogP) is 6.02. The van der Waals surface area contributed by atoms with Gasteiger partial charge in [-0.1, -0.05) is 27.7 Å². The number of halogens is 1. The van der Waals surface area contributed by atoms with Gasteiger partial charge in [-0.15, -0.1) is 0 Å². The molecule has 0 spiro atoms. The zero-order chi connectivity index (χ0) is 27.8. The summed E-state index contributed by atoms with van der Waals surface area (Å²) in [7, 11) is -2.04. The number of rotatable bonds is 4. The molecule has 2 aliphatic heterocycles. The average molecular weight is 555 g/mol. The number of fused-ring (bicyclic) bond motifs is 5. The number of benzene rings is 1. The van der Waals surface area contributed by atoms with Gasteiger partial charge in [-0.3, -0.25) is 4.79 Å². The maximum absolute atomic E-state index is 13.6. The molecule has 0 N–H and O–H groups in total. The highest BCUT2D eigenvalue weighted by molar-refractivity contribution is 6.74. The first-order chi connectivity index (χ1) is 17.7. The zero-order valence-corrected chi connectivity index (χ0v) is 24.4. The van der Waals surface area contributed by atoms with E-state index in [1.54, 1.807) is 10.6 Å². The van der Waals surface area contributed by atoms with Crippen molar-refractivity contribution in [3.8, 4) is 17.1 Å². The molecule has 38 heavy (non-hydrogen) atoms. The highest BCUT2D eigenvalue weighted by Gasteiger charge is 2.48. The number of esters is 1. The summed E-state index contributed by atoms with van der Waals surface area (Å²) in [5.41, 5.74) is 1.29. The molecule has 0 saturated carbocycles. The Balaban J connectivity index is 1.68. The molecule has 10 heteroatoms. The number of hydrogen-bond acceptors (Lipinski definition) is 7. The molecule has 0 fully saturated rings. The quantitative estimate of drug-likeness (QED) is 0.173. The fraction of sp³-hybridized carbons (Fsp3) is 0.429. The van der Waals surface area contributed by atoms with E-state index in [-0.39, 0.29) is 28.3 Å². The standard InChI is InChI=1S/C28H31ClN2O6Si/c1-8-16-17-11-15(37-38(6,7)27(2,3)4)9-10-21(17)30-23-18(16)13-31-22(23)12-20-19(24(31)32)14-35-25(33)28(20,5)36-26(29)34/h9-12H,8,13-14H2,1-7H3. The minimum Gasteiger partial charge on any atom is -0.543 e. The Morgan fingerprint density at radius 1 is 1.21 bits per heavy atom. The number of ether oxygens (including phenoxy) is 2. The second kappa shape index (κ2) is 8.67. The van der Waals surface area contributed by atoms with E-state index in [0.717, 1.165) is 34.2 Å². The summed E-state index contributed by atoms with van der Waals surface area (Å²) < 4.78 is 18.6. The minimum atomic E-state index is -2.04. The molecule has 0 radical (unpaired) electrons. The van der Waals surface area contributed by atoms with Crippen molar-refractivity contribution in [2.45, 2.75) is 77.9 Å². The third-order valence-corrected chi connectivity index (χ3v) is 12.6. The van der Waals surface area contributed by atoms with Crippen LogP contribution in [0.5, 0.6) is 5.75 Å². The van der Waals surface area contributed by atoms with Crippen LogP contribution in [0.3, 0.4) is 0 Å². The lowest BCUT2D eigenvalue weighted by molar-refractivity contribution is -0.168. The van der Waals surface area contributed by atoms with E-state index in [9.17, 15) is 14.4 Å². The Hall–Kier alpha value is -3.17. The number of aryl methyl sites for hydroxylation is 1. The van der Waals surface area contributed by atoms with E-state index in [2.05, 4.69) is 46.9 Å². The van der Waals surface area contributed by atoms with Crippen molar-refractivity contribution in [2.75, 3.05) is 0 Å². The fourth-order valence-electron chi connectivity index (χ4n) is 5.05. The van der Waals surface area contributed by atoms with Gasteiger partial charge in [0.05, 0.1) is 29.0 Å². The SMILES string of the molecule is CCc1c2c(nc3ccc(O[Si](C)(C)C(C)(C)C)cc13)-c1cc3c(c(=O)n1C2)COC(=O)C3(C)OC(=O)Cl. The van der Waals surface area contributed by atoms with E-state index in [1.807, 2.05) is 12.1 Å². The monoisotopic (exact) mass is 554 g/mol. The van der Waals surface area contributed by atoms with E-state index < -0.39 is 25.3 Å². The van der Waals surface area contributed by atoms with Gasteiger partial charge in [-0.2, -0.15) is 0 Å². The van der Waals surface area contributed by atoms with Gasteiger partial charge in [-0.25, -0.2) is 14.6 Å². The Bertz CT molecular complexity index is 1590. The molecule has 1 unspecified atom stereocenters. The molecule has 2 aromatic heterocycles. The zero-order valence-electron chi connectivity index (χ0n) is 22.7. The van der Waals surface area contributed by atoms with Crippen molar-refractivity contribution in [3.05, 3.63) is 56.9 Å². The molecule has 1 aromatic carbocycles. The third-order valence-electron chi connectivity index (χ3n) is 8.20. The van der Waals surface area contributed by atoms with Gasteiger partial charge in [0, 0.05) is 28.1 Å². The van der Waals surface area contributed by atoms with Crippen molar-refractivity contribution < 1.29 is 23.5 Å². The number of nitrogens with zero attached hydrogens (tertiary/aromatic N) is 2. The van der Waals surface area contributed by atoms with Crippen molar-refractivity contribution in [1.82, 2.24) is 9.55 Å². The number of aromatic nitrogens is 2. The van der Waals surface area contributed by atoms with E-state index in [4.69, 9.17) is 30.5 Å². The van der Waals surface area contributed by atoms with E-state index >= 15 is 0 Å². The lowest BCUT2D eigenvalue weighted by Gasteiger charge is -2.36. The van der Waals surface area contributed by atoms with Crippen LogP contribution in [0.2, 0.25) is 18.1 Å². The molecule has 0 aliphatic carbocycles. The molecule has 200 valence electrons. The van der Waals surface area contributed by atoms with Gasteiger partial charge in [0.2, 0.25) is 13.9 Å². The highest BCUT2D eigenvalue weighted by atomic mass is 35.5. The van der Waals surface area contributed by atoms with Gasteiger partial charge < -0.3 is 18.5 Å². The van der Waals surface area contributed by atoms with Crippen LogP contribution >= 0.6 is 11.6 Å². The first kappa shape index (κ1) is 26.4. The number of pyridine rings is 2. The molecule has 0 bridgehead atoms. The van der Waals surface area contributed by atoms with Crippen LogP contribution in [0.25, 0.3) is 22.3 Å². The largest absolute Gasteiger partial charge is 0.543 e. The normalized spacial score (nSPS) is 18.5. The summed E-state index contributed by atoms with van der Waals surface area (Å²) in [4.78, 5) is 42.8. The van der Waals surface area contributed by atoms with Crippen LogP contribution in [0.15, 0.2) is 29.1 Å². The Morgan fingerprint density at radius 3 is 2.55 bits per heavy atom. The minimum absolute atomic E-state index is 0.0606. The Labute approximate surface area is 227 Å². The van der Waals surface area contributed by atoms with Gasteiger partial charge in [0.15, 0.2) is 0 Å². The number of cyclic esters (lactones) is 1. The summed E-state index contributed by atoms with van der Waals surface area (Å²) in [5.74, 6) is 0.0366. The van der Waals surface area contributed by atoms with Crippen LogP contribution in [-0.4, -0.2) is 29.3 Å². The summed E-state index contributed by atoms with van der Waals surface area (Å²) in [5, 5.41) is 1.05. The Morgan fingerprint density at radius 2 is 1.92 bits per heavy atom. The highest BCUT2D eigenvalue weighted by Crippen LogP contribution is 2.42. The Kier molecular flexibility index (Phi) is 6.03. The molecule has 1 atom stereocenters. The molecule has 4 heterocycles. The fourth-order valence-corrected chi connectivity index (χ4v) is 6.23. The molecule has 5 rings (SSSR count). The predicted molar refractivity (Wildman–Crippen MR) is 147 cm³/mol. The van der Waals surface area contributed by atoms with Crippen molar-refractivity contribution in [1.29, 1.82) is 0 Å². The molecular formula is C28H31ClN2O6Si. The van der Waals surface area contributed by atoms with Crippen LogP contribution in [0.4, 0.5) is 4.79 Å². The van der Waals surface area contributed by atoms with Crippen LogP contribution in [-0.2, 0) is 39.4 Å². The second-order valence-corrected chi connectivity index (χ2v) is 16.6. The molecule has 0 amide bonds. The third kappa shape index (κ3) is 3.94.